The number of ether oxygens (including phenoxy) is 1. The molecule has 134 valence electrons. The van der Waals surface area contributed by atoms with Crippen molar-refractivity contribution >= 4 is 11.8 Å². The second kappa shape index (κ2) is 8.86. The first-order valence-corrected chi connectivity index (χ1v) is 8.14. The Labute approximate surface area is 147 Å². The fourth-order valence-electron chi connectivity index (χ4n) is 2.61. The summed E-state index contributed by atoms with van der Waals surface area (Å²) in [4.78, 5) is 27.8. The van der Waals surface area contributed by atoms with E-state index in [2.05, 4.69) is 15.6 Å². The van der Waals surface area contributed by atoms with Gasteiger partial charge in [0.1, 0.15) is 5.75 Å². The lowest BCUT2D eigenvalue weighted by atomic mass is 10.0. The molecule has 2 atom stereocenters. The normalized spacial score (nSPS) is 12.9. The molecule has 0 unspecified atom stereocenters. The van der Waals surface area contributed by atoms with Gasteiger partial charge < -0.3 is 19.9 Å². The lowest BCUT2D eigenvalue weighted by Crippen LogP contribution is -2.38. The van der Waals surface area contributed by atoms with E-state index < -0.39 is 0 Å². The Kier molecular flexibility index (Phi) is 6.56. The molecule has 25 heavy (non-hydrogen) atoms. The van der Waals surface area contributed by atoms with Crippen LogP contribution >= 0.6 is 0 Å². The summed E-state index contributed by atoms with van der Waals surface area (Å²) < 4.78 is 7.04. The number of imidazole rings is 1. The minimum absolute atomic E-state index is 0.0458. The average molecular weight is 344 g/mol. The maximum atomic E-state index is 12.4. The Bertz CT molecular complexity index is 683. The Morgan fingerprint density at radius 3 is 2.52 bits per heavy atom. The Morgan fingerprint density at radius 2 is 1.96 bits per heavy atom. The fraction of sp³-hybridized carbons (Fsp3) is 0.389. The van der Waals surface area contributed by atoms with Crippen molar-refractivity contribution in [1.29, 1.82) is 0 Å². The van der Waals surface area contributed by atoms with Gasteiger partial charge in [-0.3, -0.25) is 9.59 Å². The van der Waals surface area contributed by atoms with Crippen LogP contribution in [-0.4, -0.2) is 34.5 Å². The summed E-state index contributed by atoms with van der Waals surface area (Å²) in [6.07, 6.45) is 5.42. The molecule has 0 aliphatic rings. The van der Waals surface area contributed by atoms with Crippen LogP contribution in [-0.2, 0) is 16.1 Å². The fourth-order valence-corrected chi connectivity index (χ4v) is 2.61. The van der Waals surface area contributed by atoms with Crippen molar-refractivity contribution < 1.29 is 14.3 Å². The molecule has 0 radical (unpaired) electrons. The van der Waals surface area contributed by atoms with Crippen LogP contribution in [0.15, 0.2) is 43.0 Å². The molecule has 0 fully saturated rings. The molecule has 1 aromatic heterocycles. The number of hydrogen-bond acceptors (Lipinski definition) is 4. The third kappa shape index (κ3) is 5.95. The molecule has 0 spiro atoms. The molecule has 7 nitrogen and oxygen atoms in total. The van der Waals surface area contributed by atoms with Crippen molar-refractivity contribution in [2.24, 2.45) is 0 Å². The van der Waals surface area contributed by atoms with Gasteiger partial charge >= 0.3 is 0 Å². The van der Waals surface area contributed by atoms with Crippen LogP contribution in [0.5, 0.6) is 5.75 Å². The zero-order chi connectivity index (χ0) is 18.2. The number of nitrogens with zero attached hydrogens (tertiary/aromatic N) is 2. The van der Waals surface area contributed by atoms with Gasteiger partial charge in [-0.15, -0.1) is 0 Å². The topological polar surface area (TPSA) is 85.2 Å². The van der Waals surface area contributed by atoms with Crippen LogP contribution in [0.1, 0.15) is 31.9 Å². The number of benzene rings is 1. The summed E-state index contributed by atoms with van der Waals surface area (Å²) in [5.74, 6) is 0.422. The van der Waals surface area contributed by atoms with Crippen LogP contribution in [0.3, 0.4) is 0 Å². The number of aromatic nitrogens is 2. The summed E-state index contributed by atoms with van der Waals surface area (Å²) in [6.45, 7) is 4.01. The number of nitrogens with one attached hydrogen (secondary N) is 2. The Morgan fingerprint density at radius 1 is 1.24 bits per heavy atom. The van der Waals surface area contributed by atoms with Crippen molar-refractivity contribution in [2.45, 2.75) is 38.9 Å². The van der Waals surface area contributed by atoms with Crippen molar-refractivity contribution in [3.05, 3.63) is 48.5 Å². The zero-order valence-electron chi connectivity index (χ0n) is 14.7. The number of carbonyl (C=O) groups is 2. The third-order valence-corrected chi connectivity index (χ3v) is 3.74. The maximum Gasteiger partial charge on any atom is 0.222 e. The molecule has 1 heterocycles. The van der Waals surface area contributed by atoms with Gasteiger partial charge in [-0.25, -0.2) is 4.98 Å². The van der Waals surface area contributed by atoms with Gasteiger partial charge in [-0.1, -0.05) is 12.1 Å². The summed E-state index contributed by atoms with van der Waals surface area (Å²) in [5.41, 5.74) is 0.855. The van der Waals surface area contributed by atoms with Gasteiger partial charge in [0.05, 0.1) is 25.9 Å². The summed E-state index contributed by atoms with van der Waals surface area (Å²) in [7, 11) is 1.59. The highest BCUT2D eigenvalue weighted by molar-refractivity contribution is 5.79. The first-order valence-electron chi connectivity index (χ1n) is 8.14. The number of rotatable bonds is 8. The van der Waals surface area contributed by atoms with Gasteiger partial charge in [0.2, 0.25) is 11.8 Å². The van der Waals surface area contributed by atoms with Gasteiger partial charge in [0.15, 0.2) is 0 Å². The zero-order valence-corrected chi connectivity index (χ0v) is 14.7. The summed E-state index contributed by atoms with van der Waals surface area (Å²) >= 11 is 0. The number of hydrogen-bond donors (Lipinski definition) is 2. The molecule has 0 aliphatic carbocycles. The third-order valence-electron chi connectivity index (χ3n) is 3.74. The molecule has 0 bridgehead atoms. The lowest BCUT2D eigenvalue weighted by molar-refractivity contribution is -0.123. The van der Waals surface area contributed by atoms with Gasteiger partial charge in [-0.05, 0) is 24.6 Å². The van der Waals surface area contributed by atoms with Crippen molar-refractivity contribution in [3.63, 3.8) is 0 Å². The van der Waals surface area contributed by atoms with Crippen LogP contribution < -0.4 is 15.4 Å². The van der Waals surface area contributed by atoms with Crippen molar-refractivity contribution in [1.82, 2.24) is 20.2 Å². The van der Waals surface area contributed by atoms with Crippen LogP contribution in [0.4, 0.5) is 0 Å². The number of methoxy groups -OCH3 is 1. The van der Waals surface area contributed by atoms with E-state index in [0.29, 0.717) is 6.54 Å². The minimum Gasteiger partial charge on any atom is -0.497 e. The summed E-state index contributed by atoms with van der Waals surface area (Å²) in [5, 5.41) is 5.78. The predicted molar refractivity (Wildman–Crippen MR) is 94.0 cm³/mol. The SMILES string of the molecule is COc1ccc([C@H](CC(=O)N[C@@H](C)Cn2ccnc2)NC(C)=O)cc1. The second-order valence-electron chi connectivity index (χ2n) is 5.96. The van der Waals surface area contributed by atoms with Crippen molar-refractivity contribution in [2.75, 3.05) is 7.11 Å². The van der Waals surface area contributed by atoms with Gasteiger partial charge in [-0.2, -0.15) is 0 Å². The molecule has 2 rings (SSSR count). The monoisotopic (exact) mass is 344 g/mol. The molecule has 0 aliphatic heterocycles. The van der Waals surface area contributed by atoms with E-state index in [9.17, 15) is 9.59 Å². The van der Waals surface area contributed by atoms with Crippen LogP contribution in [0.25, 0.3) is 0 Å². The molecule has 7 heteroatoms. The molecule has 0 saturated heterocycles. The van der Waals surface area contributed by atoms with E-state index in [1.54, 1.807) is 19.6 Å². The molecular formula is C18H24N4O3. The van der Waals surface area contributed by atoms with Gasteiger partial charge in [0.25, 0.3) is 0 Å². The largest absolute Gasteiger partial charge is 0.497 e. The standard InChI is InChI=1S/C18H24N4O3/c1-13(11-22-9-8-19-12-22)20-18(24)10-17(21-14(2)23)15-4-6-16(25-3)7-5-15/h4-9,12-13,17H,10-11H2,1-3H3,(H,20,24)(H,21,23)/t13-,17-/m0/s1. The van der Waals surface area contributed by atoms with Crippen molar-refractivity contribution in [3.8, 4) is 5.75 Å². The minimum atomic E-state index is -0.385. The summed E-state index contributed by atoms with van der Waals surface area (Å²) in [6, 6.07) is 6.89. The molecule has 2 N–H and O–H groups in total. The van der Waals surface area contributed by atoms with E-state index in [0.717, 1.165) is 11.3 Å². The van der Waals surface area contributed by atoms with E-state index in [4.69, 9.17) is 4.74 Å². The van der Waals surface area contributed by atoms with E-state index in [1.807, 2.05) is 42.0 Å². The first kappa shape index (κ1) is 18.5. The van der Waals surface area contributed by atoms with E-state index in [1.165, 1.54) is 6.92 Å². The lowest BCUT2D eigenvalue weighted by Gasteiger charge is -2.20. The van der Waals surface area contributed by atoms with Crippen LogP contribution in [0, 0.1) is 0 Å². The predicted octanol–water partition coefficient (Wildman–Crippen LogP) is 1.66. The molecule has 0 saturated carbocycles. The highest BCUT2D eigenvalue weighted by Gasteiger charge is 2.18. The van der Waals surface area contributed by atoms with E-state index in [-0.39, 0.29) is 30.3 Å². The Hall–Kier alpha value is -2.83. The quantitative estimate of drug-likeness (QED) is 0.763. The highest BCUT2D eigenvalue weighted by atomic mass is 16.5. The van der Waals surface area contributed by atoms with Gasteiger partial charge in [0, 0.05) is 31.9 Å². The number of amides is 2. The molecule has 2 amide bonds. The van der Waals surface area contributed by atoms with E-state index >= 15 is 0 Å². The molecule has 1 aromatic carbocycles. The maximum absolute atomic E-state index is 12.4. The molecular weight excluding hydrogens is 320 g/mol. The number of carbonyl (C=O) groups excluding carboxylic acids is 2. The highest BCUT2D eigenvalue weighted by Crippen LogP contribution is 2.20. The average Bonchev–Trinajstić information content (AvgIpc) is 3.06. The van der Waals surface area contributed by atoms with Crippen LogP contribution in [0.2, 0.25) is 0 Å². The molecule has 2 aromatic rings. The Balaban J connectivity index is 1.97. The smallest absolute Gasteiger partial charge is 0.222 e. The first-order chi connectivity index (χ1) is 12.0. The second-order valence-corrected chi connectivity index (χ2v) is 5.96.